The zero-order chi connectivity index (χ0) is 13.2. The van der Waals surface area contributed by atoms with Gasteiger partial charge in [0.15, 0.2) is 0 Å². The number of ether oxygens (including phenoxy) is 1. The number of methoxy groups -OCH3 is 1. The monoisotopic (exact) mass is 254 g/mol. The van der Waals surface area contributed by atoms with Crippen LogP contribution in [0, 0.1) is 12.7 Å². The normalized spacial score (nSPS) is 10.8. The third-order valence-electron chi connectivity index (χ3n) is 2.76. The van der Waals surface area contributed by atoms with E-state index in [9.17, 15) is 4.39 Å². The van der Waals surface area contributed by atoms with Crippen molar-refractivity contribution in [3.63, 3.8) is 0 Å². The summed E-state index contributed by atoms with van der Waals surface area (Å²) in [5, 5.41) is 6.58. The zero-order valence-corrected chi connectivity index (χ0v) is 11.3. The van der Waals surface area contributed by atoms with E-state index in [-0.39, 0.29) is 5.82 Å². The topological polar surface area (TPSA) is 33.3 Å². The molecule has 0 bridgehead atoms. The number of hydrogen-bond acceptors (Lipinski definition) is 3. The Kier molecular flexibility index (Phi) is 7.57. The minimum absolute atomic E-state index is 0.129. The van der Waals surface area contributed by atoms with Gasteiger partial charge in [0.25, 0.3) is 0 Å². The molecule has 18 heavy (non-hydrogen) atoms. The molecule has 0 saturated carbocycles. The van der Waals surface area contributed by atoms with E-state index in [1.165, 1.54) is 0 Å². The van der Waals surface area contributed by atoms with Crippen LogP contribution < -0.4 is 10.6 Å². The molecule has 1 aromatic rings. The molecule has 0 aliphatic rings. The Morgan fingerprint density at radius 3 is 2.67 bits per heavy atom. The van der Waals surface area contributed by atoms with Crippen molar-refractivity contribution in [1.82, 2.24) is 10.6 Å². The highest BCUT2D eigenvalue weighted by molar-refractivity contribution is 5.23. The van der Waals surface area contributed by atoms with E-state index in [0.29, 0.717) is 5.56 Å². The minimum Gasteiger partial charge on any atom is -0.383 e. The second-order valence-electron chi connectivity index (χ2n) is 4.36. The summed E-state index contributed by atoms with van der Waals surface area (Å²) in [5.74, 6) is -0.129. The summed E-state index contributed by atoms with van der Waals surface area (Å²) in [7, 11) is 1.70. The Bertz CT molecular complexity index is 345. The van der Waals surface area contributed by atoms with Crippen molar-refractivity contribution < 1.29 is 9.13 Å². The van der Waals surface area contributed by atoms with Crippen LogP contribution in [0.25, 0.3) is 0 Å². The molecule has 0 saturated heterocycles. The molecule has 0 radical (unpaired) electrons. The number of aryl methyl sites for hydroxylation is 1. The quantitative estimate of drug-likeness (QED) is 0.660. The van der Waals surface area contributed by atoms with Crippen molar-refractivity contribution in [2.24, 2.45) is 0 Å². The molecule has 0 atom stereocenters. The van der Waals surface area contributed by atoms with Crippen molar-refractivity contribution in [1.29, 1.82) is 0 Å². The van der Waals surface area contributed by atoms with Crippen LogP contribution in [0.5, 0.6) is 0 Å². The Balaban J connectivity index is 2.05. The van der Waals surface area contributed by atoms with E-state index in [4.69, 9.17) is 4.74 Å². The molecule has 0 amide bonds. The SMILES string of the molecule is COCCNCCCNCc1ccc(C)c(F)c1. The van der Waals surface area contributed by atoms with Crippen LogP contribution in [0.15, 0.2) is 18.2 Å². The summed E-state index contributed by atoms with van der Waals surface area (Å²) in [6, 6.07) is 5.38. The van der Waals surface area contributed by atoms with Crippen molar-refractivity contribution in [3.8, 4) is 0 Å². The maximum absolute atomic E-state index is 13.3. The highest BCUT2D eigenvalue weighted by Gasteiger charge is 1.98. The van der Waals surface area contributed by atoms with E-state index in [0.717, 1.165) is 44.8 Å². The van der Waals surface area contributed by atoms with Crippen LogP contribution in [0.3, 0.4) is 0 Å². The van der Waals surface area contributed by atoms with E-state index in [1.54, 1.807) is 20.1 Å². The number of nitrogens with one attached hydrogen (secondary N) is 2. The molecule has 1 rings (SSSR count). The van der Waals surface area contributed by atoms with Gasteiger partial charge >= 0.3 is 0 Å². The molecule has 2 N–H and O–H groups in total. The maximum atomic E-state index is 13.3. The van der Waals surface area contributed by atoms with Gasteiger partial charge in [0.2, 0.25) is 0 Å². The van der Waals surface area contributed by atoms with Crippen molar-refractivity contribution in [2.45, 2.75) is 19.9 Å². The van der Waals surface area contributed by atoms with Crippen LogP contribution >= 0.6 is 0 Å². The summed E-state index contributed by atoms with van der Waals surface area (Å²) in [6.07, 6.45) is 1.05. The fourth-order valence-electron chi connectivity index (χ4n) is 1.62. The average molecular weight is 254 g/mol. The van der Waals surface area contributed by atoms with E-state index in [1.807, 2.05) is 12.1 Å². The lowest BCUT2D eigenvalue weighted by Gasteiger charge is -2.07. The number of hydrogen-bond donors (Lipinski definition) is 2. The highest BCUT2D eigenvalue weighted by Crippen LogP contribution is 2.08. The molecule has 0 aliphatic heterocycles. The van der Waals surface area contributed by atoms with Gasteiger partial charge < -0.3 is 15.4 Å². The van der Waals surface area contributed by atoms with Gasteiger partial charge in [-0.1, -0.05) is 12.1 Å². The zero-order valence-electron chi connectivity index (χ0n) is 11.3. The third-order valence-corrected chi connectivity index (χ3v) is 2.76. The molecule has 0 aromatic heterocycles. The highest BCUT2D eigenvalue weighted by atomic mass is 19.1. The fraction of sp³-hybridized carbons (Fsp3) is 0.571. The molecule has 3 nitrogen and oxygen atoms in total. The van der Waals surface area contributed by atoms with Gasteiger partial charge in [-0.15, -0.1) is 0 Å². The van der Waals surface area contributed by atoms with Gasteiger partial charge in [-0.05, 0) is 43.6 Å². The van der Waals surface area contributed by atoms with E-state index >= 15 is 0 Å². The molecule has 0 aliphatic carbocycles. The second kappa shape index (κ2) is 9.03. The van der Waals surface area contributed by atoms with Gasteiger partial charge in [-0.3, -0.25) is 0 Å². The van der Waals surface area contributed by atoms with Gasteiger partial charge in [-0.25, -0.2) is 4.39 Å². The van der Waals surface area contributed by atoms with Crippen LogP contribution in [0.4, 0.5) is 4.39 Å². The summed E-state index contributed by atoms with van der Waals surface area (Å²) in [5.41, 5.74) is 1.69. The largest absolute Gasteiger partial charge is 0.383 e. The molecule has 0 spiro atoms. The summed E-state index contributed by atoms with van der Waals surface area (Å²) in [4.78, 5) is 0. The first kappa shape index (κ1) is 15.1. The number of benzene rings is 1. The fourth-order valence-corrected chi connectivity index (χ4v) is 1.62. The molecule has 4 heteroatoms. The third kappa shape index (κ3) is 6.10. The first-order valence-corrected chi connectivity index (χ1v) is 6.39. The van der Waals surface area contributed by atoms with Crippen molar-refractivity contribution in [3.05, 3.63) is 35.1 Å². The van der Waals surface area contributed by atoms with Gasteiger partial charge in [-0.2, -0.15) is 0 Å². The van der Waals surface area contributed by atoms with Crippen molar-refractivity contribution in [2.75, 3.05) is 33.4 Å². The number of rotatable bonds is 9. The molecule has 0 fully saturated rings. The summed E-state index contributed by atoms with van der Waals surface area (Å²) in [6.45, 7) is 6.03. The second-order valence-corrected chi connectivity index (χ2v) is 4.36. The number of halogens is 1. The maximum Gasteiger partial charge on any atom is 0.126 e. The van der Waals surface area contributed by atoms with Crippen LogP contribution in [-0.4, -0.2) is 33.4 Å². The van der Waals surface area contributed by atoms with Crippen LogP contribution in [0.1, 0.15) is 17.5 Å². The average Bonchev–Trinajstić information content (AvgIpc) is 2.37. The van der Waals surface area contributed by atoms with Crippen molar-refractivity contribution >= 4 is 0 Å². The van der Waals surface area contributed by atoms with E-state index < -0.39 is 0 Å². The lowest BCUT2D eigenvalue weighted by Crippen LogP contribution is -2.24. The molecule has 0 heterocycles. The Morgan fingerprint density at radius 1 is 1.17 bits per heavy atom. The van der Waals surface area contributed by atoms with Crippen LogP contribution in [-0.2, 0) is 11.3 Å². The standard InChI is InChI=1S/C14H23FN2O/c1-12-4-5-13(10-14(12)15)11-17-7-3-6-16-8-9-18-2/h4-5,10,16-17H,3,6-9,11H2,1-2H3. The Labute approximate surface area is 109 Å². The van der Waals surface area contributed by atoms with Gasteiger partial charge in [0, 0.05) is 20.2 Å². The Hall–Kier alpha value is -0.970. The molecule has 102 valence electrons. The molecule has 0 unspecified atom stereocenters. The molecular formula is C14H23FN2O. The minimum atomic E-state index is -0.129. The van der Waals surface area contributed by atoms with Gasteiger partial charge in [0.1, 0.15) is 5.82 Å². The molecular weight excluding hydrogens is 231 g/mol. The summed E-state index contributed by atoms with van der Waals surface area (Å²) < 4.78 is 18.2. The first-order valence-electron chi connectivity index (χ1n) is 6.39. The van der Waals surface area contributed by atoms with Crippen LogP contribution in [0.2, 0.25) is 0 Å². The van der Waals surface area contributed by atoms with E-state index in [2.05, 4.69) is 10.6 Å². The smallest absolute Gasteiger partial charge is 0.126 e. The van der Waals surface area contributed by atoms with Gasteiger partial charge in [0.05, 0.1) is 6.61 Å². The lowest BCUT2D eigenvalue weighted by atomic mass is 10.1. The Morgan fingerprint density at radius 2 is 1.94 bits per heavy atom. The first-order chi connectivity index (χ1) is 8.74. The molecule has 1 aromatic carbocycles. The lowest BCUT2D eigenvalue weighted by molar-refractivity contribution is 0.199. The summed E-state index contributed by atoms with van der Waals surface area (Å²) >= 11 is 0. The predicted octanol–water partition coefficient (Wildman–Crippen LogP) is 1.85. The predicted molar refractivity (Wildman–Crippen MR) is 72.2 cm³/mol.